The molecule has 104 valence electrons. The third kappa shape index (κ3) is 2.69. The summed E-state index contributed by atoms with van der Waals surface area (Å²) in [5.41, 5.74) is 0. The number of ketones is 1. The van der Waals surface area contributed by atoms with Crippen LogP contribution in [0.15, 0.2) is 12.7 Å². The first kappa shape index (κ1) is 13.8. The molecule has 2 fully saturated rings. The highest BCUT2D eigenvalue weighted by Gasteiger charge is 2.40. The number of hydrogen-bond donors (Lipinski definition) is 0. The maximum atomic E-state index is 12.4. The molecule has 19 heavy (non-hydrogen) atoms. The number of carbonyl (C=O) groups excluding carboxylic acids is 3. The first-order chi connectivity index (χ1) is 9.04. The molecule has 2 heterocycles. The Hall–Kier alpha value is -1.65. The fourth-order valence-corrected chi connectivity index (χ4v) is 2.80. The van der Waals surface area contributed by atoms with E-state index in [1.807, 2.05) is 0 Å². The van der Waals surface area contributed by atoms with Crippen molar-refractivity contribution in [1.29, 1.82) is 0 Å². The van der Waals surface area contributed by atoms with Gasteiger partial charge in [0.2, 0.25) is 11.8 Å². The van der Waals surface area contributed by atoms with Crippen molar-refractivity contribution in [3.8, 4) is 0 Å². The highest BCUT2D eigenvalue weighted by Crippen LogP contribution is 2.24. The summed E-state index contributed by atoms with van der Waals surface area (Å²) in [5, 5.41) is 0. The summed E-state index contributed by atoms with van der Waals surface area (Å²) in [5.74, 6) is -0.200. The van der Waals surface area contributed by atoms with Gasteiger partial charge in [-0.05, 0) is 32.3 Å². The summed E-state index contributed by atoms with van der Waals surface area (Å²) in [7, 11) is 0. The Morgan fingerprint density at radius 2 is 1.89 bits per heavy atom. The molecule has 0 spiro atoms. The maximum Gasteiger partial charge on any atom is 0.246 e. The van der Waals surface area contributed by atoms with Gasteiger partial charge in [0.25, 0.3) is 0 Å². The normalized spacial score (nSPS) is 23.7. The van der Waals surface area contributed by atoms with E-state index in [9.17, 15) is 14.4 Å². The molecule has 2 rings (SSSR count). The van der Waals surface area contributed by atoms with Crippen LogP contribution in [0.3, 0.4) is 0 Å². The molecule has 5 nitrogen and oxygen atoms in total. The third-order valence-electron chi connectivity index (χ3n) is 3.97. The molecule has 0 N–H and O–H groups in total. The lowest BCUT2D eigenvalue weighted by atomic mass is 9.93. The second-order valence-electron chi connectivity index (χ2n) is 5.30. The van der Waals surface area contributed by atoms with Gasteiger partial charge in [0.1, 0.15) is 0 Å². The van der Waals surface area contributed by atoms with Crippen molar-refractivity contribution in [2.75, 3.05) is 19.6 Å². The third-order valence-corrected chi connectivity index (χ3v) is 3.97. The zero-order valence-corrected chi connectivity index (χ0v) is 11.3. The summed E-state index contributed by atoms with van der Waals surface area (Å²) in [4.78, 5) is 38.6. The molecule has 0 radical (unpaired) electrons. The van der Waals surface area contributed by atoms with E-state index in [1.165, 1.54) is 6.08 Å². The van der Waals surface area contributed by atoms with Crippen molar-refractivity contribution in [1.82, 2.24) is 9.80 Å². The van der Waals surface area contributed by atoms with E-state index in [0.29, 0.717) is 19.6 Å². The molecule has 0 bridgehead atoms. The number of piperidine rings is 1. The van der Waals surface area contributed by atoms with Crippen LogP contribution in [0.4, 0.5) is 0 Å². The quantitative estimate of drug-likeness (QED) is 0.701. The number of hydrogen-bond acceptors (Lipinski definition) is 3. The van der Waals surface area contributed by atoms with Crippen molar-refractivity contribution in [2.24, 2.45) is 5.92 Å². The molecule has 2 aliphatic heterocycles. The molecule has 0 saturated carbocycles. The molecule has 5 heteroatoms. The zero-order valence-electron chi connectivity index (χ0n) is 11.3. The van der Waals surface area contributed by atoms with Crippen molar-refractivity contribution in [2.45, 2.75) is 32.2 Å². The van der Waals surface area contributed by atoms with Gasteiger partial charge in [0.05, 0.1) is 12.0 Å². The molecule has 2 amide bonds. The summed E-state index contributed by atoms with van der Waals surface area (Å²) in [6.45, 7) is 6.53. The molecule has 0 aromatic carbocycles. The lowest BCUT2D eigenvalue weighted by molar-refractivity contribution is -0.151. The predicted octanol–water partition coefficient (Wildman–Crippen LogP) is 0.601. The number of amides is 2. The molecular formula is C14H20N2O3. The molecule has 0 aliphatic carbocycles. The van der Waals surface area contributed by atoms with Gasteiger partial charge in [-0.15, -0.1) is 0 Å². The van der Waals surface area contributed by atoms with E-state index in [0.717, 1.165) is 19.3 Å². The second kappa shape index (κ2) is 5.55. The number of rotatable bonds is 3. The number of likely N-dealkylation sites (tertiary alicyclic amines) is 2. The lowest BCUT2D eigenvalue weighted by Gasteiger charge is -2.43. The Labute approximate surface area is 113 Å². The van der Waals surface area contributed by atoms with Crippen molar-refractivity contribution in [3.63, 3.8) is 0 Å². The van der Waals surface area contributed by atoms with Gasteiger partial charge in [0.15, 0.2) is 5.78 Å². The summed E-state index contributed by atoms with van der Waals surface area (Å²) in [6.07, 6.45) is 3.99. The Bertz CT molecular complexity index is 413. The Morgan fingerprint density at radius 3 is 2.47 bits per heavy atom. The van der Waals surface area contributed by atoms with E-state index in [2.05, 4.69) is 6.58 Å². The van der Waals surface area contributed by atoms with Crippen molar-refractivity contribution < 1.29 is 14.4 Å². The Balaban J connectivity index is 1.94. The average molecular weight is 264 g/mol. The van der Waals surface area contributed by atoms with E-state index in [-0.39, 0.29) is 29.6 Å². The minimum Gasteiger partial charge on any atom is -0.337 e. The highest BCUT2D eigenvalue weighted by atomic mass is 16.2. The van der Waals surface area contributed by atoms with Crippen LogP contribution >= 0.6 is 0 Å². The van der Waals surface area contributed by atoms with Gasteiger partial charge in [-0.3, -0.25) is 14.4 Å². The largest absolute Gasteiger partial charge is 0.337 e. The van der Waals surface area contributed by atoms with Crippen LogP contribution < -0.4 is 0 Å². The van der Waals surface area contributed by atoms with Gasteiger partial charge in [-0.2, -0.15) is 0 Å². The fourth-order valence-electron chi connectivity index (χ4n) is 2.80. The SMILES string of the molecule is C=CC(=O)N1CC(C(=O)N2CCCCC2C(C)=O)C1. The number of Topliss-reactive ketones (excluding diaryl/α,β-unsaturated/α-hetero) is 1. The predicted molar refractivity (Wildman–Crippen MR) is 70.3 cm³/mol. The lowest BCUT2D eigenvalue weighted by Crippen LogP contribution is -2.59. The van der Waals surface area contributed by atoms with Gasteiger partial charge in [-0.25, -0.2) is 0 Å². The minimum atomic E-state index is -0.259. The Morgan fingerprint density at radius 1 is 1.21 bits per heavy atom. The standard InChI is InChI=1S/C14H20N2O3/c1-3-13(18)15-8-11(9-15)14(19)16-7-5-4-6-12(16)10(2)17/h3,11-12H,1,4-9H2,2H3. The maximum absolute atomic E-state index is 12.4. The van der Waals surface area contributed by atoms with E-state index in [4.69, 9.17) is 0 Å². The van der Waals surface area contributed by atoms with Crippen LogP contribution in [0.25, 0.3) is 0 Å². The summed E-state index contributed by atoms with van der Waals surface area (Å²) < 4.78 is 0. The van der Waals surface area contributed by atoms with Crippen LogP contribution in [0.5, 0.6) is 0 Å². The topological polar surface area (TPSA) is 57.7 Å². The Kier molecular flexibility index (Phi) is 4.02. The van der Waals surface area contributed by atoms with Crippen molar-refractivity contribution in [3.05, 3.63) is 12.7 Å². The monoisotopic (exact) mass is 264 g/mol. The van der Waals surface area contributed by atoms with Crippen LogP contribution in [-0.4, -0.2) is 53.1 Å². The molecule has 2 aliphatic rings. The highest BCUT2D eigenvalue weighted by molar-refractivity contribution is 5.92. The first-order valence-corrected chi connectivity index (χ1v) is 6.77. The molecule has 1 atom stereocenters. The zero-order chi connectivity index (χ0) is 14.0. The summed E-state index contributed by atoms with van der Waals surface area (Å²) in [6, 6.07) is -0.259. The summed E-state index contributed by atoms with van der Waals surface area (Å²) >= 11 is 0. The minimum absolute atomic E-state index is 0.0213. The van der Waals surface area contributed by atoms with E-state index in [1.54, 1.807) is 16.7 Å². The smallest absolute Gasteiger partial charge is 0.246 e. The number of carbonyl (C=O) groups is 3. The average Bonchev–Trinajstić information content (AvgIpc) is 2.36. The van der Waals surface area contributed by atoms with Crippen molar-refractivity contribution >= 4 is 17.6 Å². The number of nitrogens with zero attached hydrogens (tertiary/aromatic N) is 2. The fraction of sp³-hybridized carbons (Fsp3) is 0.643. The van der Waals surface area contributed by atoms with E-state index < -0.39 is 0 Å². The molecule has 1 unspecified atom stereocenters. The molecule has 0 aromatic rings. The van der Waals surface area contributed by atoms with Gasteiger partial charge in [-0.1, -0.05) is 6.58 Å². The van der Waals surface area contributed by atoms with Crippen LogP contribution in [-0.2, 0) is 14.4 Å². The second-order valence-corrected chi connectivity index (χ2v) is 5.30. The molecule has 0 aromatic heterocycles. The van der Waals surface area contributed by atoms with Crippen LogP contribution in [0.1, 0.15) is 26.2 Å². The van der Waals surface area contributed by atoms with Crippen LogP contribution in [0.2, 0.25) is 0 Å². The van der Waals surface area contributed by atoms with Gasteiger partial charge < -0.3 is 9.80 Å². The van der Waals surface area contributed by atoms with Crippen LogP contribution in [0, 0.1) is 5.92 Å². The first-order valence-electron chi connectivity index (χ1n) is 6.77. The van der Waals surface area contributed by atoms with Gasteiger partial charge >= 0.3 is 0 Å². The van der Waals surface area contributed by atoms with Gasteiger partial charge in [0, 0.05) is 19.6 Å². The molecular weight excluding hydrogens is 244 g/mol. The molecule has 2 saturated heterocycles. The van der Waals surface area contributed by atoms with E-state index >= 15 is 0 Å².